The van der Waals surface area contributed by atoms with E-state index in [9.17, 15) is 9.59 Å². The first-order valence-corrected chi connectivity index (χ1v) is 8.07. The number of methoxy groups -OCH3 is 1. The molecule has 0 saturated carbocycles. The lowest BCUT2D eigenvalue weighted by Crippen LogP contribution is -2.29. The third kappa shape index (κ3) is 2.69. The van der Waals surface area contributed by atoms with Gasteiger partial charge in [-0.3, -0.25) is 9.59 Å². The number of carbonyl (C=O) groups is 2. The summed E-state index contributed by atoms with van der Waals surface area (Å²) in [5.41, 5.74) is 1.37. The summed E-state index contributed by atoms with van der Waals surface area (Å²) in [7, 11) is 1.60. The fraction of sp³-hybridized carbons (Fsp3) is 0.0476. The molecule has 0 unspecified atom stereocenters. The van der Waals surface area contributed by atoms with Gasteiger partial charge in [-0.25, -0.2) is 4.90 Å². The number of imide groups is 1. The molecular weight excluding hydrogens is 330 g/mol. The van der Waals surface area contributed by atoms with Crippen molar-refractivity contribution in [3.8, 4) is 17.2 Å². The Bertz CT molecular complexity index is 943. The van der Waals surface area contributed by atoms with E-state index in [0.29, 0.717) is 28.3 Å². The lowest BCUT2D eigenvalue weighted by atomic mass is 10.1. The average Bonchev–Trinajstić information content (AvgIpc) is 2.94. The molecule has 1 heterocycles. The van der Waals surface area contributed by atoms with E-state index in [1.807, 2.05) is 12.1 Å². The summed E-state index contributed by atoms with van der Waals surface area (Å²) in [6.45, 7) is 0. The van der Waals surface area contributed by atoms with Crippen LogP contribution in [-0.2, 0) is 0 Å². The van der Waals surface area contributed by atoms with Crippen molar-refractivity contribution in [2.24, 2.45) is 0 Å². The molecule has 26 heavy (non-hydrogen) atoms. The monoisotopic (exact) mass is 345 g/mol. The zero-order chi connectivity index (χ0) is 18.1. The highest BCUT2D eigenvalue weighted by atomic mass is 16.5. The Kier molecular flexibility index (Phi) is 3.89. The highest BCUT2D eigenvalue weighted by molar-refractivity contribution is 6.34. The van der Waals surface area contributed by atoms with E-state index in [4.69, 9.17) is 9.47 Å². The minimum absolute atomic E-state index is 0.311. The van der Waals surface area contributed by atoms with Crippen LogP contribution >= 0.6 is 0 Å². The molecule has 3 aromatic rings. The first-order chi connectivity index (χ1) is 12.7. The van der Waals surface area contributed by atoms with Gasteiger partial charge in [0, 0.05) is 0 Å². The number of hydrogen-bond donors (Lipinski definition) is 0. The molecule has 0 saturated heterocycles. The highest BCUT2D eigenvalue weighted by Gasteiger charge is 2.36. The van der Waals surface area contributed by atoms with Gasteiger partial charge in [-0.05, 0) is 60.7 Å². The van der Waals surface area contributed by atoms with Gasteiger partial charge < -0.3 is 9.47 Å². The zero-order valence-electron chi connectivity index (χ0n) is 14.0. The molecule has 2 amide bonds. The van der Waals surface area contributed by atoms with Crippen LogP contribution in [0.25, 0.3) is 0 Å². The van der Waals surface area contributed by atoms with Crippen LogP contribution in [0, 0.1) is 0 Å². The Morgan fingerprint density at radius 1 is 0.654 bits per heavy atom. The minimum atomic E-state index is -0.311. The summed E-state index contributed by atoms with van der Waals surface area (Å²) in [4.78, 5) is 26.2. The lowest BCUT2D eigenvalue weighted by molar-refractivity contribution is 0.0926. The Morgan fingerprint density at radius 3 is 1.62 bits per heavy atom. The van der Waals surface area contributed by atoms with Gasteiger partial charge in [0.1, 0.15) is 17.2 Å². The second-order valence-corrected chi connectivity index (χ2v) is 5.76. The van der Waals surface area contributed by atoms with Gasteiger partial charge in [-0.2, -0.15) is 0 Å². The average molecular weight is 345 g/mol. The molecule has 128 valence electrons. The Morgan fingerprint density at radius 2 is 1.12 bits per heavy atom. The zero-order valence-corrected chi connectivity index (χ0v) is 14.0. The van der Waals surface area contributed by atoms with Gasteiger partial charge in [0.15, 0.2) is 0 Å². The standard InChI is InChI=1S/C21H15NO4/c1-25-15-10-12-17(13-11-15)26-16-8-6-14(7-9-16)22-20(23)18-4-2-3-5-19(18)21(22)24/h2-13H,1H3. The van der Waals surface area contributed by atoms with Crippen molar-refractivity contribution in [1.29, 1.82) is 0 Å². The van der Waals surface area contributed by atoms with E-state index < -0.39 is 0 Å². The molecule has 5 heteroatoms. The van der Waals surface area contributed by atoms with E-state index in [1.165, 1.54) is 4.90 Å². The van der Waals surface area contributed by atoms with Gasteiger partial charge in [-0.1, -0.05) is 12.1 Å². The van der Waals surface area contributed by atoms with Crippen molar-refractivity contribution in [2.45, 2.75) is 0 Å². The quantitative estimate of drug-likeness (QED) is 0.662. The van der Waals surface area contributed by atoms with Gasteiger partial charge in [0.2, 0.25) is 0 Å². The van der Waals surface area contributed by atoms with E-state index in [2.05, 4.69) is 0 Å². The third-order valence-corrected chi connectivity index (χ3v) is 4.18. The number of fused-ring (bicyclic) bond motifs is 1. The second-order valence-electron chi connectivity index (χ2n) is 5.76. The van der Waals surface area contributed by atoms with Crippen LogP contribution in [-0.4, -0.2) is 18.9 Å². The van der Waals surface area contributed by atoms with Crippen molar-refractivity contribution in [3.05, 3.63) is 83.9 Å². The van der Waals surface area contributed by atoms with Gasteiger partial charge in [-0.15, -0.1) is 0 Å². The number of hydrogen-bond acceptors (Lipinski definition) is 4. The molecule has 3 aromatic carbocycles. The van der Waals surface area contributed by atoms with Crippen LogP contribution in [0.3, 0.4) is 0 Å². The summed E-state index contributed by atoms with van der Waals surface area (Å²) in [5, 5.41) is 0. The molecule has 0 aliphatic carbocycles. The van der Waals surface area contributed by atoms with Crippen LogP contribution in [0.4, 0.5) is 5.69 Å². The predicted octanol–water partition coefficient (Wildman–Crippen LogP) is 4.29. The molecule has 1 aliphatic heterocycles. The SMILES string of the molecule is COc1ccc(Oc2ccc(N3C(=O)c4ccccc4C3=O)cc2)cc1. The molecule has 0 radical (unpaired) electrons. The summed E-state index contributed by atoms with van der Waals surface area (Å²) in [6.07, 6.45) is 0. The number of ether oxygens (including phenoxy) is 2. The lowest BCUT2D eigenvalue weighted by Gasteiger charge is -2.14. The first kappa shape index (κ1) is 15.9. The maximum absolute atomic E-state index is 12.5. The fourth-order valence-electron chi connectivity index (χ4n) is 2.87. The van der Waals surface area contributed by atoms with Crippen molar-refractivity contribution in [3.63, 3.8) is 0 Å². The molecular formula is C21H15NO4. The van der Waals surface area contributed by atoms with Crippen LogP contribution in [0.15, 0.2) is 72.8 Å². The van der Waals surface area contributed by atoms with Crippen LogP contribution in [0.5, 0.6) is 17.2 Å². The summed E-state index contributed by atoms with van der Waals surface area (Å²) in [6, 6.07) is 20.9. The van der Waals surface area contributed by atoms with Crippen LogP contribution in [0.1, 0.15) is 20.7 Å². The van der Waals surface area contributed by atoms with Crippen molar-refractivity contribution < 1.29 is 19.1 Å². The smallest absolute Gasteiger partial charge is 0.266 e. The molecule has 0 atom stereocenters. The number of nitrogens with zero attached hydrogens (tertiary/aromatic N) is 1. The predicted molar refractivity (Wildman–Crippen MR) is 97.1 cm³/mol. The molecule has 0 aromatic heterocycles. The molecule has 0 N–H and O–H groups in total. The topological polar surface area (TPSA) is 55.8 Å². The Labute approximate surface area is 150 Å². The third-order valence-electron chi connectivity index (χ3n) is 4.18. The van der Waals surface area contributed by atoms with E-state index in [1.54, 1.807) is 67.8 Å². The van der Waals surface area contributed by atoms with Gasteiger partial charge in [0.05, 0.1) is 23.9 Å². The number of anilines is 1. The first-order valence-electron chi connectivity index (χ1n) is 8.07. The van der Waals surface area contributed by atoms with E-state index in [0.717, 1.165) is 5.75 Å². The number of carbonyl (C=O) groups excluding carboxylic acids is 2. The largest absolute Gasteiger partial charge is 0.497 e. The van der Waals surface area contributed by atoms with E-state index in [-0.39, 0.29) is 11.8 Å². The van der Waals surface area contributed by atoms with Crippen LogP contribution < -0.4 is 14.4 Å². The summed E-state index contributed by atoms with van der Waals surface area (Å²) in [5.74, 6) is 1.40. The second kappa shape index (κ2) is 6.37. The number of amides is 2. The molecule has 0 fully saturated rings. The maximum Gasteiger partial charge on any atom is 0.266 e. The molecule has 4 rings (SSSR count). The molecule has 5 nitrogen and oxygen atoms in total. The normalized spacial score (nSPS) is 12.9. The van der Waals surface area contributed by atoms with Crippen molar-refractivity contribution in [2.75, 3.05) is 12.0 Å². The van der Waals surface area contributed by atoms with E-state index >= 15 is 0 Å². The number of benzene rings is 3. The Hall–Kier alpha value is -3.60. The minimum Gasteiger partial charge on any atom is -0.497 e. The maximum atomic E-state index is 12.5. The van der Waals surface area contributed by atoms with Crippen molar-refractivity contribution in [1.82, 2.24) is 0 Å². The number of rotatable bonds is 4. The summed E-state index contributed by atoms with van der Waals surface area (Å²) < 4.78 is 10.9. The van der Waals surface area contributed by atoms with Gasteiger partial charge >= 0.3 is 0 Å². The fourth-order valence-corrected chi connectivity index (χ4v) is 2.87. The van der Waals surface area contributed by atoms with Crippen molar-refractivity contribution >= 4 is 17.5 Å². The Balaban J connectivity index is 1.55. The highest BCUT2D eigenvalue weighted by Crippen LogP contribution is 2.30. The molecule has 1 aliphatic rings. The molecule has 0 spiro atoms. The summed E-state index contributed by atoms with van der Waals surface area (Å²) >= 11 is 0. The van der Waals surface area contributed by atoms with Gasteiger partial charge in [0.25, 0.3) is 11.8 Å². The van der Waals surface area contributed by atoms with Crippen LogP contribution in [0.2, 0.25) is 0 Å². The molecule has 0 bridgehead atoms.